The third-order valence-electron chi connectivity index (χ3n) is 3.70. The zero-order chi connectivity index (χ0) is 10.7. The lowest BCUT2D eigenvalue weighted by Gasteiger charge is -2.35. The van der Waals surface area contributed by atoms with Gasteiger partial charge in [-0.3, -0.25) is 4.90 Å². The van der Waals surface area contributed by atoms with Crippen molar-refractivity contribution in [1.82, 2.24) is 4.90 Å². The van der Waals surface area contributed by atoms with E-state index in [1.54, 1.807) is 0 Å². The first-order chi connectivity index (χ1) is 6.57. The first-order valence-electron chi connectivity index (χ1n) is 5.61. The largest absolute Gasteiger partial charge is 0.377 e. The molecule has 1 heterocycles. The van der Waals surface area contributed by atoms with E-state index in [0.29, 0.717) is 24.1 Å². The minimum Gasteiger partial charge on any atom is -0.377 e. The lowest BCUT2D eigenvalue weighted by atomic mass is 9.99. The highest BCUT2D eigenvalue weighted by molar-refractivity contribution is 4.84. The zero-order valence-corrected chi connectivity index (χ0v) is 9.86. The van der Waals surface area contributed by atoms with E-state index in [1.165, 1.54) is 0 Å². The van der Waals surface area contributed by atoms with Crippen molar-refractivity contribution in [2.24, 2.45) is 11.7 Å². The van der Waals surface area contributed by atoms with Gasteiger partial charge in [0.15, 0.2) is 0 Å². The van der Waals surface area contributed by atoms with Gasteiger partial charge in [0, 0.05) is 18.7 Å². The molecule has 4 unspecified atom stereocenters. The van der Waals surface area contributed by atoms with Gasteiger partial charge >= 0.3 is 0 Å². The van der Waals surface area contributed by atoms with Crippen LogP contribution in [0.15, 0.2) is 0 Å². The van der Waals surface area contributed by atoms with Gasteiger partial charge in [0.1, 0.15) is 0 Å². The SMILES string of the molecule is CC(CN)C(C)N(C)C1CCOC1C. The monoisotopic (exact) mass is 200 g/mol. The second-order valence-corrected chi connectivity index (χ2v) is 4.55. The molecule has 1 aliphatic heterocycles. The maximum atomic E-state index is 5.69. The Bertz CT molecular complexity index is 175. The molecule has 0 bridgehead atoms. The second kappa shape index (κ2) is 5.10. The van der Waals surface area contributed by atoms with Crippen LogP contribution in [0.2, 0.25) is 0 Å². The predicted octanol–water partition coefficient (Wildman–Crippen LogP) is 1.08. The summed E-state index contributed by atoms with van der Waals surface area (Å²) >= 11 is 0. The Labute approximate surface area is 87.6 Å². The van der Waals surface area contributed by atoms with Gasteiger partial charge in [-0.15, -0.1) is 0 Å². The maximum Gasteiger partial charge on any atom is 0.0703 e. The van der Waals surface area contributed by atoms with Gasteiger partial charge in [-0.1, -0.05) is 6.92 Å². The lowest BCUT2D eigenvalue weighted by molar-refractivity contribution is 0.0603. The van der Waals surface area contributed by atoms with Gasteiger partial charge < -0.3 is 10.5 Å². The summed E-state index contributed by atoms with van der Waals surface area (Å²) < 4.78 is 5.58. The van der Waals surface area contributed by atoms with Gasteiger partial charge in [0.25, 0.3) is 0 Å². The molecule has 14 heavy (non-hydrogen) atoms. The molecule has 4 atom stereocenters. The summed E-state index contributed by atoms with van der Waals surface area (Å²) in [5.41, 5.74) is 5.69. The molecule has 0 aliphatic carbocycles. The first-order valence-corrected chi connectivity index (χ1v) is 5.61. The summed E-state index contributed by atoms with van der Waals surface area (Å²) in [4.78, 5) is 2.43. The highest BCUT2D eigenvalue weighted by atomic mass is 16.5. The number of ether oxygens (including phenoxy) is 1. The number of hydrogen-bond donors (Lipinski definition) is 1. The van der Waals surface area contributed by atoms with E-state index in [-0.39, 0.29) is 0 Å². The van der Waals surface area contributed by atoms with Crippen LogP contribution in [0, 0.1) is 5.92 Å². The highest BCUT2D eigenvalue weighted by Crippen LogP contribution is 2.22. The Balaban J connectivity index is 2.50. The van der Waals surface area contributed by atoms with Crippen LogP contribution in [0.4, 0.5) is 0 Å². The minimum atomic E-state index is 0.368. The van der Waals surface area contributed by atoms with Crippen LogP contribution in [-0.2, 0) is 4.74 Å². The molecule has 0 saturated carbocycles. The molecule has 3 heteroatoms. The van der Waals surface area contributed by atoms with Gasteiger partial charge in [-0.2, -0.15) is 0 Å². The Morgan fingerprint density at radius 2 is 2.14 bits per heavy atom. The van der Waals surface area contributed by atoms with E-state index >= 15 is 0 Å². The Morgan fingerprint density at radius 1 is 1.50 bits per heavy atom. The smallest absolute Gasteiger partial charge is 0.0703 e. The van der Waals surface area contributed by atoms with E-state index in [1.807, 2.05) is 0 Å². The van der Waals surface area contributed by atoms with Crippen molar-refractivity contribution in [3.8, 4) is 0 Å². The number of nitrogens with zero attached hydrogens (tertiary/aromatic N) is 1. The summed E-state index contributed by atoms with van der Waals surface area (Å²) in [5, 5.41) is 0. The Kier molecular flexibility index (Phi) is 4.35. The van der Waals surface area contributed by atoms with Crippen molar-refractivity contribution in [2.75, 3.05) is 20.2 Å². The van der Waals surface area contributed by atoms with Gasteiger partial charge in [0.05, 0.1) is 6.10 Å². The van der Waals surface area contributed by atoms with E-state index < -0.39 is 0 Å². The van der Waals surface area contributed by atoms with Crippen molar-refractivity contribution < 1.29 is 4.74 Å². The normalized spacial score (nSPS) is 32.1. The summed E-state index contributed by atoms with van der Waals surface area (Å²) in [5.74, 6) is 0.549. The van der Waals surface area contributed by atoms with E-state index in [2.05, 4.69) is 32.7 Å². The van der Waals surface area contributed by atoms with Crippen LogP contribution in [0.3, 0.4) is 0 Å². The molecular weight excluding hydrogens is 176 g/mol. The van der Waals surface area contributed by atoms with Crippen LogP contribution in [0.1, 0.15) is 27.2 Å². The van der Waals surface area contributed by atoms with Gasteiger partial charge in [-0.05, 0) is 39.8 Å². The Morgan fingerprint density at radius 3 is 2.57 bits per heavy atom. The van der Waals surface area contributed by atoms with Crippen LogP contribution in [-0.4, -0.2) is 43.3 Å². The fourth-order valence-electron chi connectivity index (χ4n) is 2.16. The predicted molar refractivity (Wildman–Crippen MR) is 59.3 cm³/mol. The lowest BCUT2D eigenvalue weighted by Crippen LogP contribution is -2.46. The molecule has 2 N–H and O–H groups in total. The quantitative estimate of drug-likeness (QED) is 0.738. The zero-order valence-electron chi connectivity index (χ0n) is 9.86. The minimum absolute atomic E-state index is 0.368. The van der Waals surface area contributed by atoms with Gasteiger partial charge in [-0.25, -0.2) is 0 Å². The molecule has 0 spiro atoms. The third kappa shape index (κ3) is 2.47. The van der Waals surface area contributed by atoms with Gasteiger partial charge in [0.2, 0.25) is 0 Å². The molecule has 0 radical (unpaired) electrons. The molecule has 1 aliphatic rings. The van der Waals surface area contributed by atoms with Crippen molar-refractivity contribution in [1.29, 1.82) is 0 Å². The number of rotatable bonds is 4. The standard InChI is InChI=1S/C11H24N2O/c1-8(7-12)9(2)13(4)11-5-6-14-10(11)3/h8-11H,5-7,12H2,1-4H3. The molecule has 1 fully saturated rings. The summed E-state index contributed by atoms with van der Waals surface area (Å²) in [6.07, 6.45) is 1.52. The molecule has 1 saturated heterocycles. The Hall–Kier alpha value is -0.120. The topological polar surface area (TPSA) is 38.5 Å². The highest BCUT2D eigenvalue weighted by Gasteiger charge is 2.31. The van der Waals surface area contributed by atoms with E-state index in [0.717, 1.165) is 19.6 Å². The van der Waals surface area contributed by atoms with Crippen LogP contribution in [0.25, 0.3) is 0 Å². The summed E-state index contributed by atoms with van der Waals surface area (Å²) in [6.45, 7) is 8.28. The van der Waals surface area contributed by atoms with Crippen molar-refractivity contribution in [2.45, 2.75) is 45.4 Å². The molecule has 0 aromatic rings. The maximum absolute atomic E-state index is 5.69. The summed E-state index contributed by atoms with van der Waals surface area (Å²) in [6, 6.07) is 1.10. The second-order valence-electron chi connectivity index (χ2n) is 4.55. The first kappa shape index (κ1) is 12.0. The summed E-state index contributed by atoms with van der Waals surface area (Å²) in [7, 11) is 2.19. The van der Waals surface area contributed by atoms with Crippen molar-refractivity contribution in [3.63, 3.8) is 0 Å². The molecule has 3 nitrogen and oxygen atoms in total. The molecule has 0 amide bonds. The molecule has 0 aromatic carbocycles. The van der Waals surface area contributed by atoms with E-state index in [9.17, 15) is 0 Å². The number of nitrogens with two attached hydrogens (primary N) is 1. The van der Waals surface area contributed by atoms with Crippen molar-refractivity contribution in [3.05, 3.63) is 0 Å². The fraction of sp³-hybridized carbons (Fsp3) is 1.00. The van der Waals surface area contributed by atoms with Crippen molar-refractivity contribution >= 4 is 0 Å². The van der Waals surface area contributed by atoms with Crippen LogP contribution in [0.5, 0.6) is 0 Å². The van der Waals surface area contributed by atoms with Crippen LogP contribution >= 0.6 is 0 Å². The molecular formula is C11H24N2O. The average Bonchev–Trinajstić information content (AvgIpc) is 2.61. The van der Waals surface area contributed by atoms with E-state index in [4.69, 9.17) is 10.5 Å². The molecule has 0 aromatic heterocycles. The molecule has 1 rings (SSSR count). The fourth-order valence-corrected chi connectivity index (χ4v) is 2.16. The molecule has 84 valence electrons. The number of hydrogen-bond acceptors (Lipinski definition) is 3. The van der Waals surface area contributed by atoms with Crippen LogP contribution < -0.4 is 5.73 Å². The average molecular weight is 200 g/mol. The number of likely N-dealkylation sites (N-methyl/N-ethyl adjacent to an activating group) is 1. The third-order valence-corrected chi connectivity index (χ3v) is 3.70.